The Morgan fingerprint density at radius 1 is 0.875 bits per heavy atom. The molecule has 2 nitrogen and oxygen atoms in total. The van der Waals surface area contributed by atoms with Gasteiger partial charge in [0.15, 0.2) is 5.79 Å². The van der Waals surface area contributed by atoms with Crippen LogP contribution in [0.2, 0.25) is 0 Å². The molecule has 6 atom stereocenters. The van der Waals surface area contributed by atoms with Crippen LogP contribution in [0, 0.1) is 35.5 Å². The number of fused-ring (bicyclic) bond motifs is 9. The Kier molecular flexibility index (Phi) is 1.65. The van der Waals surface area contributed by atoms with Gasteiger partial charge in [0.2, 0.25) is 0 Å². The van der Waals surface area contributed by atoms with Gasteiger partial charge in [0.25, 0.3) is 0 Å². The maximum absolute atomic E-state index is 5.78. The lowest BCUT2D eigenvalue weighted by Gasteiger charge is -2.33. The fourth-order valence-electron chi connectivity index (χ4n) is 5.06. The van der Waals surface area contributed by atoms with Crippen LogP contribution in [-0.2, 0) is 9.47 Å². The van der Waals surface area contributed by atoms with E-state index in [9.17, 15) is 0 Å². The van der Waals surface area contributed by atoms with Crippen molar-refractivity contribution in [3.63, 3.8) is 0 Å². The highest BCUT2D eigenvalue weighted by Crippen LogP contribution is 2.67. The monoisotopic (exact) mass is 218 g/mol. The molecule has 86 valence electrons. The second-order valence-corrected chi connectivity index (χ2v) is 5.67. The molecule has 0 aromatic heterocycles. The van der Waals surface area contributed by atoms with E-state index in [1.54, 1.807) is 14.2 Å². The summed E-state index contributed by atoms with van der Waals surface area (Å²) in [6.45, 7) is 0. The van der Waals surface area contributed by atoms with Crippen LogP contribution in [0.1, 0.15) is 6.42 Å². The maximum atomic E-state index is 5.78. The van der Waals surface area contributed by atoms with Crippen LogP contribution in [0.5, 0.6) is 0 Å². The van der Waals surface area contributed by atoms with Crippen molar-refractivity contribution in [3.8, 4) is 0 Å². The van der Waals surface area contributed by atoms with Gasteiger partial charge in [-0.25, -0.2) is 0 Å². The number of allylic oxidation sites excluding steroid dienone is 2. The third-order valence-electron chi connectivity index (χ3n) is 5.51. The van der Waals surface area contributed by atoms with Crippen molar-refractivity contribution in [1.29, 1.82) is 0 Å². The van der Waals surface area contributed by atoms with Gasteiger partial charge in [0.1, 0.15) is 0 Å². The lowest BCUT2D eigenvalue weighted by Crippen LogP contribution is -2.41. The zero-order chi connectivity index (χ0) is 10.9. The molecule has 4 rings (SSSR count). The highest BCUT2D eigenvalue weighted by molar-refractivity contribution is 5.31. The highest BCUT2D eigenvalue weighted by Gasteiger charge is 2.68. The van der Waals surface area contributed by atoms with Gasteiger partial charge in [0, 0.05) is 26.1 Å². The van der Waals surface area contributed by atoms with Crippen LogP contribution in [0.3, 0.4) is 0 Å². The van der Waals surface area contributed by atoms with Crippen LogP contribution in [0.25, 0.3) is 0 Å². The molecule has 0 radical (unpaired) electrons. The molecule has 0 spiro atoms. The molecule has 0 aromatic carbocycles. The van der Waals surface area contributed by atoms with Crippen LogP contribution in [0.4, 0.5) is 0 Å². The van der Waals surface area contributed by atoms with E-state index in [4.69, 9.17) is 9.47 Å². The quantitative estimate of drug-likeness (QED) is 0.402. The first kappa shape index (κ1) is 9.43. The Bertz CT molecular complexity index is 350. The molecule has 2 saturated carbocycles. The number of rotatable bonds is 2. The van der Waals surface area contributed by atoms with Crippen LogP contribution >= 0.6 is 0 Å². The third-order valence-corrected chi connectivity index (χ3v) is 5.51. The first-order chi connectivity index (χ1) is 7.81. The second-order valence-electron chi connectivity index (χ2n) is 5.67. The van der Waals surface area contributed by atoms with Crippen molar-refractivity contribution >= 4 is 0 Å². The Morgan fingerprint density at radius 2 is 1.38 bits per heavy atom. The van der Waals surface area contributed by atoms with Crippen molar-refractivity contribution in [2.24, 2.45) is 35.5 Å². The van der Waals surface area contributed by atoms with Crippen LogP contribution in [-0.4, -0.2) is 20.0 Å². The van der Waals surface area contributed by atoms with Crippen LogP contribution < -0.4 is 0 Å². The van der Waals surface area contributed by atoms with E-state index in [2.05, 4.69) is 24.3 Å². The minimum atomic E-state index is -0.349. The Balaban J connectivity index is 1.81. The smallest absolute Gasteiger partial charge is 0.180 e. The zero-order valence-corrected chi connectivity index (χ0v) is 9.80. The van der Waals surface area contributed by atoms with Gasteiger partial charge in [-0.15, -0.1) is 0 Å². The molecule has 4 unspecified atom stereocenters. The van der Waals surface area contributed by atoms with Crippen LogP contribution in [0.15, 0.2) is 24.3 Å². The summed E-state index contributed by atoms with van der Waals surface area (Å²) in [7, 11) is 3.60. The summed E-state index contributed by atoms with van der Waals surface area (Å²) in [6.07, 6.45) is 10.9. The average Bonchev–Trinajstić information content (AvgIpc) is 3.06. The third kappa shape index (κ3) is 0.780. The molecular weight excluding hydrogens is 200 g/mol. The van der Waals surface area contributed by atoms with E-state index in [0.717, 1.165) is 23.7 Å². The summed E-state index contributed by atoms with van der Waals surface area (Å²) < 4.78 is 11.6. The Labute approximate surface area is 96.3 Å². The largest absolute Gasteiger partial charge is 0.352 e. The molecule has 0 N–H and O–H groups in total. The van der Waals surface area contributed by atoms with Gasteiger partial charge >= 0.3 is 0 Å². The van der Waals surface area contributed by atoms with Crippen molar-refractivity contribution in [2.75, 3.05) is 14.2 Å². The normalized spacial score (nSPS) is 53.9. The van der Waals surface area contributed by atoms with E-state index in [0.29, 0.717) is 11.8 Å². The molecule has 4 aliphatic carbocycles. The molecule has 2 fully saturated rings. The lowest BCUT2D eigenvalue weighted by molar-refractivity contribution is -0.236. The van der Waals surface area contributed by atoms with E-state index in [1.165, 1.54) is 6.42 Å². The molecule has 0 aliphatic heterocycles. The standard InChI is InChI=1S/C14H18O2/c1-15-14(16-2)10-5-6-11(14)13-9-4-3-8(7-9)12(10)13/h3-6,8-13H,7H2,1-2H3/t8?,9?,10?,11?,12-,13+. The molecule has 0 heterocycles. The lowest BCUT2D eigenvalue weighted by atomic mass is 9.76. The van der Waals surface area contributed by atoms with Gasteiger partial charge in [-0.1, -0.05) is 24.3 Å². The summed E-state index contributed by atoms with van der Waals surface area (Å²) in [6, 6.07) is 0. The topological polar surface area (TPSA) is 18.5 Å². The molecule has 2 heteroatoms. The Morgan fingerprint density at radius 3 is 1.81 bits per heavy atom. The summed E-state index contributed by atoms with van der Waals surface area (Å²) in [4.78, 5) is 0. The molecule has 16 heavy (non-hydrogen) atoms. The fourth-order valence-corrected chi connectivity index (χ4v) is 5.06. The molecule has 4 bridgehead atoms. The van der Waals surface area contributed by atoms with Gasteiger partial charge < -0.3 is 9.47 Å². The van der Waals surface area contributed by atoms with Gasteiger partial charge in [-0.2, -0.15) is 0 Å². The molecule has 0 amide bonds. The minimum absolute atomic E-state index is 0.349. The number of methoxy groups -OCH3 is 2. The Hall–Kier alpha value is -0.600. The SMILES string of the molecule is COC1(OC)C2C=CC1[C@@H]1C3C=CC(C3)[C@H]21. The summed E-state index contributed by atoms with van der Waals surface area (Å²) in [5, 5.41) is 0. The van der Waals surface area contributed by atoms with E-state index >= 15 is 0 Å². The molecule has 0 aromatic rings. The van der Waals surface area contributed by atoms with Gasteiger partial charge in [-0.3, -0.25) is 0 Å². The first-order valence-electron chi connectivity index (χ1n) is 6.29. The highest BCUT2D eigenvalue weighted by atomic mass is 16.7. The first-order valence-corrected chi connectivity index (χ1v) is 6.29. The van der Waals surface area contributed by atoms with E-state index < -0.39 is 0 Å². The number of hydrogen-bond acceptors (Lipinski definition) is 2. The van der Waals surface area contributed by atoms with Crippen molar-refractivity contribution in [3.05, 3.63) is 24.3 Å². The molecular formula is C14H18O2. The number of ether oxygens (including phenoxy) is 2. The average molecular weight is 218 g/mol. The summed E-state index contributed by atoms with van der Waals surface area (Å²) in [5.74, 6) is 3.68. The maximum Gasteiger partial charge on any atom is 0.180 e. The minimum Gasteiger partial charge on any atom is -0.352 e. The zero-order valence-electron chi connectivity index (χ0n) is 9.80. The van der Waals surface area contributed by atoms with E-state index in [-0.39, 0.29) is 5.79 Å². The number of hydrogen-bond donors (Lipinski definition) is 0. The van der Waals surface area contributed by atoms with Gasteiger partial charge in [0.05, 0.1) is 0 Å². The summed E-state index contributed by atoms with van der Waals surface area (Å²) >= 11 is 0. The van der Waals surface area contributed by atoms with E-state index in [1.807, 2.05) is 0 Å². The van der Waals surface area contributed by atoms with Gasteiger partial charge in [-0.05, 0) is 30.1 Å². The predicted octanol–water partition coefficient (Wildman–Crippen LogP) is 2.23. The predicted molar refractivity (Wildman–Crippen MR) is 60.6 cm³/mol. The van der Waals surface area contributed by atoms with Crippen molar-refractivity contribution < 1.29 is 9.47 Å². The summed E-state index contributed by atoms with van der Waals surface area (Å²) in [5.41, 5.74) is 0. The molecule has 0 saturated heterocycles. The molecule has 4 aliphatic rings. The van der Waals surface area contributed by atoms with Crippen molar-refractivity contribution in [1.82, 2.24) is 0 Å². The second kappa shape index (κ2) is 2.80. The fraction of sp³-hybridized carbons (Fsp3) is 0.714. The van der Waals surface area contributed by atoms with Crippen molar-refractivity contribution in [2.45, 2.75) is 12.2 Å².